The van der Waals surface area contributed by atoms with Crippen LogP contribution in [0.3, 0.4) is 0 Å². The number of nitrogens with zero attached hydrogens (tertiary/aromatic N) is 2. The maximum Gasteiger partial charge on any atom is 0.264 e. The first-order valence-electron chi connectivity index (χ1n) is 12.1. The van der Waals surface area contributed by atoms with E-state index in [0.29, 0.717) is 30.2 Å². The molecule has 202 valence electrons. The highest BCUT2D eigenvalue weighted by Gasteiger charge is 2.28. The second kappa shape index (κ2) is 13.5. The minimum absolute atomic E-state index is 0.0561. The molecule has 0 atom stereocenters. The first-order valence-corrected chi connectivity index (χ1v) is 13.6. The van der Waals surface area contributed by atoms with E-state index >= 15 is 0 Å². The van der Waals surface area contributed by atoms with Gasteiger partial charge in [0.05, 0.1) is 31.4 Å². The van der Waals surface area contributed by atoms with Gasteiger partial charge in [-0.2, -0.15) is 5.10 Å². The van der Waals surface area contributed by atoms with Crippen LogP contribution >= 0.6 is 0 Å². The van der Waals surface area contributed by atoms with Crippen molar-refractivity contribution in [3.63, 3.8) is 0 Å². The molecule has 0 aliphatic rings. The molecule has 0 saturated carbocycles. The summed E-state index contributed by atoms with van der Waals surface area (Å²) in [5, 5.41) is 4.17. The molecule has 0 saturated heterocycles. The molecule has 1 N–H and O–H groups in total. The van der Waals surface area contributed by atoms with E-state index < -0.39 is 22.5 Å². The number of sulfonamides is 1. The number of nitrogens with one attached hydrogen (secondary N) is 1. The summed E-state index contributed by atoms with van der Waals surface area (Å²) in [4.78, 5) is 12.8. The number of anilines is 1. The highest BCUT2D eigenvalue weighted by molar-refractivity contribution is 7.92. The second-order valence-electron chi connectivity index (χ2n) is 8.32. The fraction of sp³-hybridized carbons (Fsp3) is 0.286. The van der Waals surface area contributed by atoms with Gasteiger partial charge >= 0.3 is 0 Å². The number of aryl methyl sites for hydroxylation is 1. The van der Waals surface area contributed by atoms with Gasteiger partial charge in [-0.25, -0.2) is 13.8 Å². The largest absolute Gasteiger partial charge is 0.494 e. The number of ether oxygens (including phenoxy) is 3. The molecule has 0 bridgehead atoms. The van der Waals surface area contributed by atoms with Gasteiger partial charge in [0, 0.05) is 11.8 Å². The Morgan fingerprint density at radius 1 is 0.947 bits per heavy atom. The van der Waals surface area contributed by atoms with Gasteiger partial charge < -0.3 is 14.2 Å². The number of hydrogen-bond donors (Lipinski definition) is 1. The van der Waals surface area contributed by atoms with E-state index in [4.69, 9.17) is 14.2 Å². The van der Waals surface area contributed by atoms with Crippen LogP contribution in [0.4, 0.5) is 5.69 Å². The van der Waals surface area contributed by atoms with Crippen molar-refractivity contribution >= 4 is 27.3 Å². The Morgan fingerprint density at radius 3 is 2.26 bits per heavy atom. The number of carbonyl (C=O) groups is 1. The zero-order chi connectivity index (χ0) is 27.5. The van der Waals surface area contributed by atoms with E-state index in [-0.39, 0.29) is 10.6 Å². The molecule has 0 aliphatic heterocycles. The van der Waals surface area contributed by atoms with Crippen LogP contribution in [0.2, 0.25) is 0 Å². The molecule has 0 heterocycles. The van der Waals surface area contributed by atoms with Crippen LogP contribution in [0.5, 0.6) is 17.2 Å². The van der Waals surface area contributed by atoms with Gasteiger partial charge in [0.2, 0.25) is 0 Å². The Hall–Kier alpha value is -4.05. The fourth-order valence-corrected chi connectivity index (χ4v) is 5.08. The molecule has 3 aromatic carbocycles. The molecule has 9 nitrogen and oxygen atoms in total. The third-order valence-corrected chi connectivity index (χ3v) is 7.43. The van der Waals surface area contributed by atoms with Crippen LogP contribution in [0.25, 0.3) is 0 Å². The summed E-state index contributed by atoms with van der Waals surface area (Å²) in [7, 11) is -1.29. The number of rotatable bonds is 13. The molecule has 0 fully saturated rings. The fourth-order valence-electron chi connectivity index (χ4n) is 3.64. The number of hydrazone groups is 1. The van der Waals surface area contributed by atoms with Gasteiger partial charge in [0.1, 0.15) is 12.3 Å². The first-order chi connectivity index (χ1) is 18.3. The van der Waals surface area contributed by atoms with Crippen LogP contribution in [-0.4, -0.2) is 47.4 Å². The van der Waals surface area contributed by atoms with Crippen LogP contribution in [0, 0.1) is 0 Å². The second-order valence-corrected chi connectivity index (χ2v) is 10.2. The maximum absolute atomic E-state index is 13.7. The lowest BCUT2D eigenvalue weighted by atomic mass is 10.1. The van der Waals surface area contributed by atoms with Crippen molar-refractivity contribution < 1.29 is 27.4 Å². The van der Waals surface area contributed by atoms with Crippen LogP contribution < -0.4 is 23.9 Å². The summed E-state index contributed by atoms with van der Waals surface area (Å²) >= 11 is 0. The molecule has 0 aromatic heterocycles. The zero-order valence-electron chi connectivity index (χ0n) is 22.0. The molecular formula is C28H33N3O6S. The van der Waals surface area contributed by atoms with Gasteiger partial charge in [-0.1, -0.05) is 30.3 Å². The maximum atomic E-state index is 13.7. The van der Waals surface area contributed by atoms with E-state index in [1.807, 2.05) is 44.2 Å². The summed E-state index contributed by atoms with van der Waals surface area (Å²) in [5.41, 5.74) is 4.67. The van der Waals surface area contributed by atoms with Gasteiger partial charge in [0.15, 0.2) is 11.5 Å². The van der Waals surface area contributed by atoms with Crippen LogP contribution in [0.1, 0.15) is 25.8 Å². The minimum Gasteiger partial charge on any atom is -0.494 e. The van der Waals surface area contributed by atoms with Gasteiger partial charge in [-0.3, -0.25) is 9.10 Å². The number of amides is 1. The Morgan fingerprint density at radius 2 is 1.63 bits per heavy atom. The standard InChI is InChI=1S/C28H33N3O6S/c1-5-37-24-15-13-23(14-16-24)31(38(33,34)25-17-18-26(35-3)27(19-25)36-4)20-28(32)30-29-21(2)11-12-22-9-7-6-8-10-22/h6-10,13-19H,5,11-12,20H2,1-4H3,(H,30,32)/b29-21-. The Balaban J connectivity index is 1.83. The molecule has 3 rings (SSSR count). The quantitative estimate of drug-likeness (QED) is 0.255. The van der Waals surface area contributed by atoms with Gasteiger partial charge in [-0.05, 0) is 68.7 Å². The number of methoxy groups -OCH3 is 2. The Kier molecular flexibility index (Phi) is 10.1. The molecule has 0 spiro atoms. The third-order valence-electron chi connectivity index (χ3n) is 5.66. The van der Waals surface area contributed by atoms with E-state index in [2.05, 4.69) is 10.5 Å². The van der Waals surface area contributed by atoms with Crippen molar-refractivity contribution in [2.75, 3.05) is 31.7 Å². The lowest BCUT2D eigenvalue weighted by Gasteiger charge is -2.24. The Labute approximate surface area is 224 Å². The molecule has 0 unspecified atom stereocenters. The van der Waals surface area contributed by atoms with Crippen molar-refractivity contribution in [1.29, 1.82) is 0 Å². The summed E-state index contributed by atoms with van der Waals surface area (Å²) in [6.45, 7) is 3.65. The SMILES string of the molecule is CCOc1ccc(N(CC(=O)N/N=C(/C)CCc2ccccc2)S(=O)(=O)c2ccc(OC)c(OC)c2)cc1. The zero-order valence-corrected chi connectivity index (χ0v) is 22.8. The van der Waals surface area contributed by atoms with Crippen molar-refractivity contribution in [3.05, 3.63) is 78.4 Å². The number of benzene rings is 3. The highest BCUT2D eigenvalue weighted by atomic mass is 32.2. The summed E-state index contributed by atoms with van der Waals surface area (Å²) < 4.78 is 44.5. The van der Waals surface area contributed by atoms with E-state index in [1.54, 1.807) is 24.3 Å². The highest BCUT2D eigenvalue weighted by Crippen LogP contribution is 2.32. The topological polar surface area (TPSA) is 107 Å². The summed E-state index contributed by atoms with van der Waals surface area (Å²) in [6.07, 6.45) is 1.43. The smallest absolute Gasteiger partial charge is 0.264 e. The number of carbonyl (C=O) groups excluding carboxylic acids is 1. The number of hydrogen-bond acceptors (Lipinski definition) is 7. The molecule has 1 amide bonds. The lowest BCUT2D eigenvalue weighted by Crippen LogP contribution is -2.39. The summed E-state index contributed by atoms with van der Waals surface area (Å²) in [5.74, 6) is 0.644. The molecular weight excluding hydrogens is 506 g/mol. The van der Waals surface area contributed by atoms with E-state index in [9.17, 15) is 13.2 Å². The minimum atomic E-state index is -4.17. The van der Waals surface area contributed by atoms with Crippen LogP contribution in [0.15, 0.2) is 82.8 Å². The molecule has 38 heavy (non-hydrogen) atoms. The normalized spacial score (nSPS) is 11.5. The molecule has 0 radical (unpaired) electrons. The van der Waals surface area contributed by atoms with E-state index in [0.717, 1.165) is 22.0 Å². The van der Waals surface area contributed by atoms with Crippen molar-refractivity contribution in [2.45, 2.75) is 31.6 Å². The van der Waals surface area contributed by atoms with Crippen LogP contribution in [-0.2, 0) is 21.2 Å². The Bertz CT molecular complexity index is 1340. The van der Waals surface area contributed by atoms with Crippen molar-refractivity contribution in [2.24, 2.45) is 5.10 Å². The average molecular weight is 540 g/mol. The monoisotopic (exact) mass is 539 g/mol. The van der Waals surface area contributed by atoms with Crippen molar-refractivity contribution in [3.8, 4) is 17.2 Å². The van der Waals surface area contributed by atoms with E-state index in [1.165, 1.54) is 32.4 Å². The third kappa shape index (κ3) is 7.48. The lowest BCUT2D eigenvalue weighted by molar-refractivity contribution is -0.119. The molecule has 0 aliphatic carbocycles. The molecule has 10 heteroatoms. The molecule has 3 aromatic rings. The van der Waals surface area contributed by atoms with Crippen molar-refractivity contribution in [1.82, 2.24) is 5.43 Å². The average Bonchev–Trinajstić information content (AvgIpc) is 2.94. The van der Waals surface area contributed by atoms with Gasteiger partial charge in [0.25, 0.3) is 15.9 Å². The predicted octanol–water partition coefficient (Wildman–Crippen LogP) is 4.42. The van der Waals surface area contributed by atoms with Gasteiger partial charge in [-0.15, -0.1) is 0 Å². The predicted molar refractivity (Wildman–Crippen MR) is 148 cm³/mol. The first kappa shape index (κ1) is 28.5. The summed E-state index contributed by atoms with van der Waals surface area (Å²) in [6, 6.07) is 20.7.